The number of aryl methyl sites for hydroxylation is 1. The van der Waals surface area contributed by atoms with E-state index in [2.05, 4.69) is 5.32 Å². The van der Waals surface area contributed by atoms with Crippen molar-refractivity contribution in [2.75, 3.05) is 6.54 Å². The molecule has 112 valence electrons. The number of hydrogen-bond acceptors (Lipinski definition) is 2. The highest BCUT2D eigenvalue weighted by Crippen LogP contribution is 2.30. The number of benzene rings is 2. The second kappa shape index (κ2) is 6.63. The Morgan fingerprint density at radius 1 is 1.00 bits per heavy atom. The normalized spacial score (nSPS) is 10.7. The zero-order valence-corrected chi connectivity index (χ0v) is 11.8. The smallest absolute Gasteiger partial charge is 0.198 e. The lowest BCUT2D eigenvalue weighted by molar-refractivity contribution is 0.386. The highest BCUT2D eigenvalue weighted by atomic mass is 19.1. The van der Waals surface area contributed by atoms with Gasteiger partial charge in [-0.15, -0.1) is 0 Å². The number of rotatable bonds is 5. The molecule has 0 saturated carbocycles. The van der Waals surface area contributed by atoms with E-state index in [9.17, 15) is 13.2 Å². The molecule has 2 nitrogen and oxygen atoms in total. The van der Waals surface area contributed by atoms with E-state index in [0.29, 0.717) is 18.7 Å². The number of hydrogen-bond donors (Lipinski definition) is 1. The Balaban J connectivity index is 2.30. The van der Waals surface area contributed by atoms with Gasteiger partial charge in [0.15, 0.2) is 29.0 Å². The predicted octanol–water partition coefficient (Wildman–Crippen LogP) is 4.31. The van der Waals surface area contributed by atoms with Crippen LogP contribution in [0.1, 0.15) is 18.1 Å². The van der Waals surface area contributed by atoms with Crippen molar-refractivity contribution in [1.29, 1.82) is 0 Å². The van der Waals surface area contributed by atoms with Gasteiger partial charge in [0.05, 0.1) is 0 Å². The van der Waals surface area contributed by atoms with Gasteiger partial charge in [0, 0.05) is 6.54 Å². The maximum Gasteiger partial charge on any atom is 0.198 e. The quantitative estimate of drug-likeness (QED) is 0.887. The van der Waals surface area contributed by atoms with Crippen molar-refractivity contribution < 1.29 is 17.9 Å². The lowest BCUT2D eigenvalue weighted by atomic mass is 10.2. The largest absolute Gasteiger partial charge is 0.448 e. The molecule has 0 aromatic heterocycles. The summed E-state index contributed by atoms with van der Waals surface area (Å²) in [5.41, 5.74) is 1.19. The Labute approximate surface area is 121 Å². The molecule has 0 aliphatic rings. The molecule has 2 rings (SSSR count). The van der Waals surface area contributed by atoms with Crippen LogP contribution < -0.4 is 10.1 Å². The first-order valence-electron chi connectivity index (χ1n) is 6.64. The van der Waals surface area contributed by atoms with Crippen molar-refractivity contribution in [1.82, 2.24) is 5.32 Å². The van der Waals surface area contributed by atoms with Gasteiger partial charge in [-0.1, -0.05) is 13.0 Å². The summed E-state index contributed by atoms with van der Waals surface area (Å²) in [6, 6.07) is 6.48. The van der Waals surface area contributed by atoms with Gasteiger partial charge in [0.25, 0.3) is 0 Å². The third-order valence-electron chi connectivity index (χ3n) is 2.94. The molecule has 0 unspecified atom stereocenters. The fraction of sp³-hybridized carbons (Fsp3) is 0.250. The molecule has 0 atom stereocenters. The third kappa shape index (κ3) is 3.76. The molecule has 1 N–H and O–H groups in total. The summed E-state index contributed by atoms with van der Waals surface area (Å²) in [6.07, 6.45) is 0. The van der Waals surface area contributed by atoms with Crippen LogP contribution in [0.3, 0.4) is 0 Å². The Bertz CT molecular complexity index is 620. The van der Waals surface area contributed by atoms with Gasteiger partial charge in [-0.25, -0.2) is 13.2 Å². The van der Waals surface area contributed by atoms with Crippen molar-refractivity contribution in [2.24, 2.45) is 0 Å². The van der Waals surface area contributed by atoms with Crippen LogP contribution in [0.5, 0.6) is 11.5 Å². The average Bonchev–Trinajstić information content (AvgIpc) is 2.44. The van der Waals surface area contributed by atoms with Gasteiger partial charge in [0.2, 0.25) is 0 Å². The lowest BCUT2D eigenvalue weighted by Crippen LogP contribution is -2.12. The summed E-state index contributed by atoms with van der Waals surface area (Å²) >= 11 is 0. The van der Waals surface area contributed by atoms with Crippen LogP contribution in [0, 0.1) is 24.4 Å². The molecule has 0 fully saturated rings. The van der Waals surface area contributed by atoms with Gasteiger partial charge in [-0.05, 0) is 48.9 Å². The minimum Gasteiger partial charge on any atom is -0.448 e. The number of nitrogens with one attached hydrogen (secondary N) is 1. The Morgan fingerprint density at radius 3 is 2.29 bits per heavy atom. The molecule has 0 aliphatic heterocycles. The van der Waals surface area contributed by atoms with Crippen molar-refractivity contribution in [3.05, 3.63) is 58.9 Å². The third-order valence-corrected chi connectivity index (χ3v) is 2.94. The molecule has 0 aliphatic carbocycles. The summed E-state index contributed by atoms with van der Waals surface area (Å²) in [5, 5.41) is 2.97. The SMILES string of the molecule is CCNCc1cc(F)c(Oc2cc(C)ccc2F)c(F)c1. The van der Waals surface area contributed by atoms with Gasteiger partial charge < -0.3 is 10.1 Å². The van der Waals surface area contributed by atoms with E-state index in [1.165, 1.54) is 24.3 Å². The highest BCUT2D eigenvalue weighted by molar-refractivity contribution is 5.38. The first kappa shape index (κ1) is 15.4. The van der Waals surface area contributed by atoms with Gasteiger partial charge in [-0.3, -0.25) is 0 Å². The Hall–Kier alpha value is -2.01. The number of halogens is 3. The van der Waals surface area contributed by atoms with Crippen molar-refractivity contribution in [3.8, 4) is 11.5 Å². The predicted molar refractivity (Wildman–Crippen MR) is 74.9 cm³/mol. The van der Waals surface area contributed by atoms with E-state index < -0.39 is 23.2 Å². The van der Waals surface area contributed by atoms with E-state index in [1.54, 1.807) is 13.0 Å². The van der Waals surface area contributed by atoms with E-state index >= 15 is 0 Å². The van der Waals surface area contributed by atoms with Crippen molar-refractivity contribution in [3.63, 3.8) is 0 Å². The van der Waals surface area contributed by atoms with E-state index in [4.69, 9.17) is 4.74 Å². The Kier molecular flexibility index (Phi) is 4.85. The fourth-order valence-electron chi connectivity index (χ4n) is 1.88. The van der Waals surface area contributed by atoms with Crippen molar-refractivity contribution in [2.45, 2.75) is 20.4 Å². The maximum atomic E-state index is 13.9. The van der Waals surface area contributed by atoms with E-state index in [0.717, 1.165) is 5.56 Å². The van der Waals surface area contributed by atoms with Gasteiger partial charge >= 0.3 is 0 Å². The van der Waals surface area contributed by atoms with Crippen LogP contribution in [0.25, 0.3) is 0 Å². The van der Waals surface area contributed by atoms with Gasteiger partial charge in [-0.2, -0.15) is 0 Å². The van der Waals surface area contributed by atoms with Crippen molar-refractivity contribution >= 4 is 0 Å². The molecule has 21 heavy (non-hydrogen) atoms. The second-order valence-corrected chi connectivity index (χ2v) is 4.70. The van der Waals surface area contributed by atoms with Crippen LogP contribution in [-0.2, 0) is 6.54 Å². The standard InChI is InChI=1S/C16H16F3NO/c1-3-20-9-11-7-13(18)16(14(19)8-11)21-15-6-10(2)4-5-12(15)17/h4-8,20H,3,9H2,1-2H3. The monoisotopic (exact) mass is 295 g/mol. The Morgan fingerprint density at radius 2 is 1.67 bits per heavy atom. The zero-order valence-electron chi connectivity index (χ0n) is 11.8. The summed E-state index contributed by atoms with van der Waals surface area (Å²) in [4.78, 5) is 0. The van der Waals surface area contributed by atoms with Crippen LogP contribution in [0.2, 0.25) is 0 Å². The first-order chi connectivity index (χ1) is 10.0. The molecule has 0 amide bonds. The van der Waals surface area contributed by atoms with Gasteiger partial charge in [0.1, 0.15) is 0 Å². The summed E-state index contributed by atoms with van der Waals surface area (Å²) in [7, 11) is 0. The summed E-state index contributed by atoms with van der Waals surface area (Å²) in [6.45, 7) is 4.67. The fourth-order valence-corrected chi connectivity index (χ4v) is 1.88. The molecule has 0 spiro atoms. The van der Waals surface area contributed by atoms with Crippen LogP contribution in [0.15, 0.2) is 30.3 Å². The average molecular weight is 295 g/mol. The lowest BCUT2D eigenvalue weighted by Gasteiger charge is -2.11. The molecule has 0 bridgehead atoms. The molecule has 0 radical (unpaired) electrons. The molecule has 2 aromatic rings. The van der Waals surface area contributed by atoms with Crippen LogP contribution in [0.4, 0.5) is 13.2 Å². The molecular weight excluding hydrogens is 279 g/mol. The maximum absolute atomic E-state index is 13.9. The van der Waals surface area contributed by atoms with E-state index in [1.807, 2.05) is 6.92 Å². The molecular formula is C16H16F3NO. The molecule has 2 aromatic carbocycles. The summed E-state index contributed by atoms with van der Waals surface area (Å²) in [5.74, 6) is -3.18. The first-order valence-corrected chi connectivity index (χ1v) is 6.64. The minimum atomic E-state index is -0.858. The second-order valence-electron chi connectivity index (χ2n) is 4.70. The minimum absolute atomic E-state index is 0.202. The molecule has 5 heteroatoms. The number of ether oxygens (including phenoxy) is 1. The highest BCUT2D eigenvalue weighted by Gasteiger charge is 2.15. The van der Waals surface area contributed by atoms with Crippen LogP contribution >= 0.6 is 0 Å². The zero-order chi connectivity index (χ0) is 15.4. The van der Waals surface area contributed by atoms with Crippen LogP contribution in [-0.4, -0.2) is 6.54 Å². The molecule has 0 saturated heterocycles. The van der Waals surface area contributed by atoms with E-state index in [-0.39, 0.29) is 5.75 Å². The summed E-state index contributed by atoms with van der Waals surface area (Å²) < 4.78 is 46.5. The topological polar surface area (TPSA) is 21.3 Å². The molecule has 0 heterocycles.